The van der Waals surface area contributed by atoms with Gasteiger partial charge in [0.25, 0.3) is 0 Å². The summed E-state index contributed by atoms with van der Waals surface area (Å²) in [4.78, 5) is 12.1. The smallest absolute Gasteiger partial charge is 0.342 e. The molecule has 4 nitrogen and oxygen atoms in total. The van der Waals surface area contributed by atoms with Gasteiger partial charge in [0.2, 0.25) is 0 Å². The van der Waals surface area contributed by atoms with Crippen LogP contribution < -0.4 is 10.5 Å². The average molecular weight is 271 g/mol. The first-order chi connectivity index (χ1) is 9.61. The van der Waals surface area contributed by atoms with Crippen molar-refractivity contribution in [3.8, 4) is 5.75 Å². The maximum atomic E-state index is 12.1. The molecule has 2 rings (SSSR count). The number of nitrogen functional groups attached to an aromatic ring is 1. The number of hydrogen-bond acceptors (Lipinski definition) is 4. The van der Waals surface area contributed by atoms with Crippen molar-refractivity contribution >= 4 is 11.7 Å². The van der Waals surface area contributed by atoms with Crippen LogP contribution in [-0.4, -0.2) is 13.1 Å². The second-order valence-electron chi connectivity index (χ2n) is 4.49. The average Bonchev–Trinajstić information content (AvgIpc) is 2.44. The fraction of sp³-hybridized carbons (Fsp3) is 0.188. The third-order valence-electron chi connectivity index (χ3n) is 2.92. The van der Waals surface area contributed by atoms with Crippen LogP contribution in [0.15, 0.2) is 42.5 Å². The summed E-state index contributed by atoms with van der Waals surface area (Å²) >= 11 is 0. The van der Waals surface area contributed by atoms with Gasteiger partial charge in [-0.2, -0.15) is 0 Å². The Morgan fingerprint density at radius 3 is 2.65 bits per heavy atom. The number of ether oxygens (including phenoxy) is 2. The molecule has 0 aliphatic heterocycles. The Morgan fingerprint density at radius 1 is 1.20 bits per heavy atom. The van der Waals surface area contributed by atoms with E-state index in [1.807, 2.05) is 31.2 Å². The number of methoxy groups -OCH3 is 1. The highest BCUT2D eigenvalue weighted by Crippen LogP contribution is 2.26. The SMILES string of the molecule is COc1c(N)cccc1C(=O)OCc1cccc(C)c1. The third kappa shape index (κ3) is 3.09. The first-order valence-corrected chi connectivity index (χ1v) is 6.27. The molecular weight excluding hydrogens is 254 g/mol. The molecule has 0 radical (unpaired) electrons. The van der Waals surface area contributed by atoms with Gasteiger partial charge in [0.1, 0.15) is 12.2 Å². The molecule has 0 atom stereocenters. The molecule has 4 heteroatoms. The fourth-order valence-electron chi connectivity index (χ4n) is 1.97. The van der Waals surface area contributed by atoms with Gasteiger partial charge in [-0.3, -0.25) is 0 Å². The molecule has 0 saturated heterocycles. The molecule has 0 unspecified atom stereocenters. The highest BCUT2D eigenvalue weighted by molar-refractivity contribution is 5.94. The van der Waals surface area contributed by atoms with E-state index in [0.29, 0.717) is 17.0 Å². The molecule has 0 bridgehead atoms. The summed E-state index contributed by atoms with van der Waals surface area (Å²) in [5.74, 6) is -0.0996. The van der Waals surface area contributed by atoms with Crippen molar-refractivity contribution in [2.24, 2.45) is 0 Å². The molecular formula is C16H17NO3. The zero-order valence-electron chi connectivity index (χ0n) is 11.6. The van der Waals surface area contributed by atoms with Gasteiger partial charge in [0.15, 0.2) is 5.75 Å². The molecule has 0 aliphatic rings. The molecule has 0 heterocycles. The van der Waals surface area contributed by atoms with Crippen LogP contribution in [-0.2, 0) is 11.3 Å². The van der Waals surface area contributed by atoms with Crippen LogP contribution in [0.3, 0.4) is 0 Å². The summed E-state index contributed by atoms with van der Waals surface area (Å²) in [6.45, 7) is 2.21. The van der Waals surface area contributed by atoms with Crippen molar-refractivity contribution in [1.29, 1.82) is 0 Å². The van der Waals surface area contributed by atoms with E-state index in [0.717, 1.165) is 11.1 Å². The molecule has 2 N–H and O–H groups in total. The van der Waals surface area contributed by atoms with E-state index in [1.54, 1.807) is 18.2 Å². The monoisotopic (exact) mass is 271 g/mol. The minimum atomic E-state index is -0.448. The number of carbonyl (C=O) groups is 1. The van der Waals surface area contributed by atoms with Crippen LogP contribution in [0, 0.1) is 6.92 Å². The number of rotatable bonds is 4. The predicted octanol–water partition coefficient (Wildman–Crippen LogP) is 2.94. The zero-order valence-corrected chi connectivity index (χ0v) is 11.6. The third-order valence-corrected chi connectivity index (χ3v) is 2.92. The second kappa shape index (κ2) is 6.10. The number of hydrogen-bond donors (Lipinski definition) is 1. The summed E-state index contributed by atoms with van der Waals surface area (Å²) < 4.78 is 10.4. The number of anilines is 1. The van der Waals surface area contributed by atoms with Crippen LogP contribution in [0.25, 0.3) is 0 Å². The lowest BCUT2D eigenvalue weighted by Gasteiger charge is -2.10. The van der Waals surface area contributed by atoms with Crippen molar-refractivity contribution in [2.45, 2.75) is 13.5 Å². The largest absolute Gasteiger partial charge is 0.494 e. The summed E-state index contributed by atoms with van der Waals surface area (Å²) in [6, 6.07) is 12.8. The summed E-state index contributed by atoms with van der Waals surface area (Å²) in [6.07, 6.45) is 0. The molecule has 0 spiro atoms. The van der Waals surface area contributed by atoms with Crippen LogP contribution in [0.5, 0.6) is 5.75 Å². The fourth-order valence-corrected chi connectivity index (χ4v) is 1.97. The van der Waals surface area contributed by atoms with Crippen molar-refractivity contribution in [3.05, 3.63) is 59.2 Å². The second-order valence-corrected chi connectivity index (χ2v) is 4.49. The number of carbonyl (C=O) groups excluding carboxylic acids is 1. The first kappa shape index (κ1) is 13.9. The number of nitrogens with two attached hydrogens (primary N) is 1. The van der Waals surface area contributed by atoms with Gasteiger partial charge in [0, 0.05) is 0 Å². The molecule has 0 amide bonds. The predicted molar refractivity (Wildman–Crippen MR) is 77.7 cm³/mol. The maximum Gasteiger partial charge on any atom is 0.342 e. The van der Waals surface area contributed by atoms with Crippen LogP contribution in [0.2, 0.25) is 0 Å². The van der Waals surface area contributed by atoms with E-state index in [4.69, 9.17) is 15.2 Å². The molecule has 0 aliphatic carbocycles. The molecule has 104 valence electrons. The Labute approximate surface area is 118 Å². The molecule has 0 saturated carbocycles. The van der Waals surface area contributed by atoms with Gasteiger partial charge in [0.05, 0.1) is 12.8 Å². The minimum Gasteiger partial charge on any atom is -0.494 e. The normalized spacial score (nSPS) is 10.1. The lowest BCUT2D eigenvalue weighted by atomic mass is 10.1. The van der Waals surface area contributed by atoms with E-state index in [-0.39, 0.29) is 6.61 Å². The standard InChI is InChI=1S/C16H17NO3/c1-11-5-3-6-12(9-11)10-20-16(18)13-7-4-8-14(17)15(13)19-2/h3-9H,10,17H2,1-2H3. The Morgan fingerprint density at radius 2 is 1.95 bits per heavy atom. The van der Waals surface area contributed by atoms with Crippen molar-refractivity contribution in [1.82, 2.24) is 0 Å². The van der Waals surface area contributed by atoms with Crippen molar-refractivity contribution in [3.63, 3.8) is 0 Å². The highest BCUT2D eigenvalue weighted by Gasteiger charge is 2.15. The summed E-state index contributed by atoms with van der Waals surface area (Å²) in [7, 11) is 1.48. The number of esters is 1. The summed E-state index contributed by atoms with van der Waals surface area (Å²) in [5.41, 5.74) is 8.58. The molecule has 0 fully saturated rings. The molecule has 2 aromatic carbocycles. The lowest BCUT2D eigenvalue weighted by molar-refractivity contribution is 0.0469. The topological polar surface area (TPSA) is 61.5 Å². The Balaban J connectivity index is 2.11. The van der Waals surface area contributed by atoms with Gasteiger partial charge >= 0.3 is 5.97 Å². The van der Waals surface area contributed by atoms with Gasteiger partial charge < -0.3 is 15.2 Å². The van der Waals surface area contributed by atoms with Crippen LogP contribution in [0.1, 0.15) is 21.5 Å². The quantitative estimate of drug-likeness (QED) is 0.686. The highest BCUT2D eigenvalue weighted by atomic mass is 16.5. The van der Waals surface area contributed by atoms with Gasteiger partial charge in [-0.05, 0) is 24.6 Å². The Kier molecular flexibility index (Phi) is 4.25. The van der Waals surface area contributed by atoms with E-state index < -0.39 is 5.97 Å². The van der Waals surface area contributed by atoms with Gasteiger partial charge in [-0.25, -0.2) is 4.79 Å². The summed E-state index contributed by atoms with van der Waals surface area (Å²) in [5, 5.41) is 0. The van der Waals surface area contributed by atoms with Crippen molar-refractivity contribution < 1.29 is 14.3 Å². The van der Waals surface area contributed by atoms with E-state index in [9.17, 15) is 4.79 Å². The number of aryl methyl sites for hydroxylation is 1. The lowest BCUT2D eigenvalue weighted by Crippen LogP contribution is -2.08. The Hall–Kier alpha value is -2.49. The van der Waals surface area contributed by atoms with Crippen molar-refractivity contribution in [2.75, 3.05) is 12.8 Å². The first-order valence-electron chi connectivity index (χ1n) is 6.27. The van der Waals surface area contributed by atoms with E-state index in [1.165, 1.54) is 7.11 Å². The number of benzene rings is 2. The van der Waals surface area contributed by atoms with Crippen LogP contribution in [0.4, 0.5) is 5.69 Å². The Bertz CT molecular complexity index is 623. The minimum absolute atomic E-state index is 0.221. The molecule has 20 heavy (non-hydrogen) atoms. The maximum absolute atomic E-state index is 12.1. The number of para-hydroxylation sites is 1. The van der Waals surface area contributed by atoms with E-state index >= 15 is 0 Å². The van der Waals surface area contributed by atoms with Gasteiger partial charge in [-0.1, -0.05) is 35.9 Å². The van der Waals surface area contributed by atoms with E-state index in [2.05, 4.69) is 0 Å². The van der Waals surface area contributed by atoms with Gasteiger partial charge in [-0.15, -0.1) is 0 Å². The zero-order chi connectivity index (χ0) is 14.5. The molecule has 0 aromatic heterocycles. The molecule has 2 aromatic rings. The van der Waals surface area contributed by atoms with Crippen LogP contribution >= 0.6 is 0 Å².